The molecule has 13 heavy (non-hydrogen) atoms. The van der Waals surface area contributed by atoms with Gasteiger partial charge in [0.15, 0.2) is 0 Å². The van der Waals surface area contributed by atoms with Crippen LogP contribution in [0.4, 0.5) is 0 Å². The van der Waals surface area contributed by atoms with E-state index in [0.717, 1.165) is 5.56 Å². The Labute approximate surface area is 77.1 Å². The highest BCUT2D eigenvalue weighted by atomic mass is 16.4. The average Bonchev–Trinajstić information content (AvgIpc) is 2.15. The van der Waals surface area contributed by atoms with Crippen LogP contribution in [0.3, 0.4) is 0 Å². The first-order chi connectivity index (χ1) is 6.24. The van der Waals surface area contributed by atoms with Gasteiger partial charge in [0.1, 0.15) is 0 Å². The molecular weight excluding hydrogens is 167 g/mol. The van der Waals surface area contributed by atoms with Gasteiger partial charge in [0.2, 0.25) is 0 Å². The summed E-state index contributed by atoms with van der Waals surface area (Å²) in [6, 6.07) is 6.76. The summed E-state index contributed by atoms with van der Waals surface area (Å²) in [5.74, 6) is 0. The topological polar surface area (TPSA) is 60.7 Å². The van der Waals surface area contributed by atoms with E-state index in [1.54, 1.807) is 36.4 Å². The molecule has 4 heteroatoms. The van der Waals surface area contributed by atoms with Crippen molar-refractivity contribution in [3.63, 3.8) is 0 Å². The van der Waals surface area contributed by atoms with Crippen LogP contribution < -0.4 is 5.46 Å². The fraction of sp³-hybridized carbons (Fsp3) is 0.111. The van der Waals surface area contributed by atoms with Crippen molar-refractivity contribution in [3.8, 4) is 0 Å². The predicted molar refractivity (Wildman–Crippen MR) is 52.4 cm³/mol. The van der Waals surface area contributed by atoms with Crippen molar-refractivity contribution in [2.24, 2.45) is 0 Å². The Hall–Kier alpha value is -1.10. The first-order valence-corrected chi connectivity index (χ1v) is 3.97. The van der Waals surface area contributed by atoms with Gasteiger partial charge in [0.05, 0.1) is 6.61 Å². The molecule has 0 aliphatic heterocycles. The van der Waals surface area contributed by atoms with Gasteiger partial charge in [-0.25, -0.2) is 0 Å². The van der Waals surface area contributed by atoms with Gasteiger partial charge in [-0.3, -0.25) is 0 Å². The third-order valence-corrected chi connectivity index (χ3v) is 1.65. The van der Waals surface area contributed by atoms with Crippen molar-refractivity contribution in [1.82, 2.24) is 0 Å². The van der Waals surface area contributed by atoms with E-state index in [1.807, 2.05) is 0 Å². The highest BCUT2D eigenvalue weighted by Crippen LogP contribution is 1.99. The second-order valence-electron chi connectivity index (χ2n) is 2.63. The monoisotopic (exact) mass is 178 g/mol. The number of hydrogen-bond acceptors (Lipinski definition) is 3. The van der Waals surface area contributed by atoms with Crippen molar-refractivity contribution >= 4 is 18.7 Å². The molecule has 0 fully saturated rings. The first-order valence-electron chi connectivity index (χ1n) is 3.97. The quantitative estimate of drug-likeness (QED) is 0.540. The minimum Gasteiger partial charge on any atom is -0.423 e. The molecule has 0 radical (unpaired) electrons. The maximum atomic E-state index is 8.79. The Balaban J connectivity index is 2.75. The minimum atomic E-state index is -1.42. The van der Waals surface area contributed by atoms with Gasteiger partial charge in [-0.15, -0.1) is 0 Å². The number of rotatable bonds is 3. The first kappa shape index (κ1) is 9.99. The highest BCUT2D eigenvalue weighted by molar-refractivity contribution is 6.58. The van der Waals surface area contributed by atoms with Crippen molar-refractivity contribution in [2.75, 3.05) is 6.61 Å². The Morgan fingerprint density at radius 2 is 1.77 bits per heavy atom. The van der Waals surface area contributed by atoms with E-state index in [1.165, 1.54) is 0 Å². The molecule has 0 atom stereocenters. The zero-order valence-electron chi connectivity index (χ0n) is 7.09. The van der Waals surface area contributed by atoms with Crippen molar-refractivity contribution in [3.05, 3.63) is 35.9 Å². The molecule has 0 saturated carbocycles. The molecule has 0 bridgehead atoms. The lowest BCUT2D eigenvalue weighted by Crippen LogP contribution is -2.29. The summed E-state index contributed by atoms with van der Waals surface area (Å²) >= 11 is 0. The molecule has 0 unspecified atom stereocenters. The lowest BCUT2D eigenvalue weighted by molar-refractivity contribution is 0.343. The summed E-state index contributed by atoms with van der Waals surface area (Å²) in [5.41, 5.74) is 1.37. The summed E-state index contributed by atoms with van der Waals surface area (Å²) in [6.07, 6.45) is 3.37. The van der Waals surface area contributed by atoms with E-state index in [0.29, 0.717) is 5.46 Å². The predicted octanol–water partition coefficient (Wildman–Crippen LogP) is -0.628. The van der Waals surface area contributed by atoms with E-state index in [2.05, 4.69) is 0 Å². The maximum absolute atomic E-state index is 8.79. The summed E-state index contributed by atoms with van der Waals surface area (Å²) in [5, 5.41) is 26.1. The molecule has 0 amide bonds. The molecule has 0 spiro atoms. The van der Waals surface area contributed by atoms with Crippen LogP contribution >= 0.6 is 0 Å². The SMILES string of the molecule is OC/C=C/c1ccc(B(O)O)cc1. The molecule has 1 aromatic carbocycles. The smallest absolute Gasteiger partial charge is 0.423 e. The van der Waals surface area contributed by atoms with Crippen LogP contribution in [0.25, 0.3) is 6.08 Å². The van der Waals surface area contributed by atoms with Gasteiger partial charge in [-0.1, -0.05) is 36.4 Å². The summed E-state index contributed by atoms with van der Waals surface area (Å²) in [4.78, 5) is 0. The average molecular weight is 178 g/mol. The number of hydrogen-bond donors (Lipinski definition) is 3. The van der Waals surface area contributed by atoms with Gasteiger partial charge in [0, 0.05) is 0 Å². The zero-order valence-corrected chi connectivity index (χ0v) is 7.09. The zero-order chi connectivity index (χ0) is 9.68. The van der Waals surface area contributed by atoms with E-state index in [-0.39, 0.29) is 6.61 Å². The number of benzene rings is 1. The van der Waals surface area contributed by atoms with Gasteiger partial charge < -0.3 is 15.2 Å². The highest BCUT2D eigenvalue weighted by Gasteiger charge is 2.08. The summed E-state index contributed by atoms with van der Waals surface area (Å²) in [7, 11) is -1.42. The van der Waals surface area contributed by atoms with Crippen LogP contribution in [0.2, 0.25) is 0 Å². The number of aliphatic hydroxyl groups excluding tert-OH is 1. The van der Waals surface area contributed by atoms with Crippen LogP contribution in [0.15, 0.2) is 30.3 Å². The molecule has 0 heterocycles. The van der Waals surface area contributed by atoms with E-state index in [9.17, 15) is 0 Å². The fourth-order valence-electron chi connectivity index (χ4n) is 0.968. The molecule has 0 aliphatic carbocycles. The summed E-state index contributed by atoms with van der Waals surface area (Å²) < 4.78 is 0. The van der Waals surface area contributed by atoms with Crippen molar-refractivity contribution in [2.45, 2.75) is 0 Å². The molecular formula is C9H11BO3. The minimum absolute atomic E-state index is 0.00434. The third-order valence-electron chi connectivity index (χ3n) is 1.65. The second-order valence-corrected chi connectivity index (χ2v) is 2.63. The standard InChI is InChI=1S/C9H11BO3/c11-7-1-2-8-3-5-9(6-4-8)10(12)13/h1-6,11-13H,7H2/b2-1+. The Morgan fingerprint density at radius 3 is 2.23 bits per heavy atom. The molecule has 1 aromatic rings. The lowest BCUT2D eigenvalue weighted by atomic mass is 9.80. The van der Waals surface area contributed by atoms with Gasteiger partial charge in [-0.2, -0.15) is 0 Å². The lowest BCUT2D eigenvalue weighted by Gasteiger charge is -1.98. The van der Waals surface area contributed by atoms with Crippen LogP contribution in [-0.2, 0) is 0 Å². The molecule has 0 saturated heterocycles. The van der Waals surface area contributed by atoms with Crippen LogP contribution in [-0.4, -0.2) is 28.9 Å². The second kappa shape index (κ2) is 4.82. The molecule has 0 aliphatic rings. The van der Waals surface area contributed by atoms with E-state index < -0.39 is 7.12 Å². The maximum Gasteiger partial charge on any atom is 0.488 e. The molecule has 3 N–H and O–H groups in total. The largest absolute Gasteiger partial charge is 0.488 e. The third kappa shape index (κ3) is 3.03. The van der Waals surface area contributed by atoms with Crippen LogP contribution in [0.5, 0.6) is 0 Å². The fourth-order valence-corrected chi connectivity index (χ4v) is 0.968. The van der Waals surface area contributed by atoms with Gasteiger partial charge in [-0.05, 0) is 11.0 Å². The van der Waals surface area contributed by atoms with Crippen molar-refractivity contribution < 1.29 is 15.2 Å². The summed E-state index contributed by atoms with van der Waals surface area (Å²) in [6.45, 7) is 0.00434. The van der Waals surface area contributed by atoms with Gasteiger partial charge in [0.25, 0.3) is 0 Å². The molecule has 1 rings (SSSR count). The van der Waals surface area contributed by atoms with Gasteiger partial charge >= 0.3 is 7.12 Å². The molecule has 68 valence electrons. The van der Waals surface area contributed by atoms with E-state index in [4.69, 9.17) is 15.2 Å². The van der Waals surface area contributed by atoms with Crippen LogP contribution in [0, 0.1) is 0 Å². The van der Waals surface area contributed by atoms with Crippen LogP contribution in [0.1, 0.15) is 5.56 Å². The van der Waals surface area contributed by atoms with E-state index >= 15 is 0 Å². The Morgan fingerprint density at radius 1 is 1.15 bits per heavy atom. The Bertz CT molecular complexity index is 279. The normalized spacial score (nSPS) is 10.7. The number of aliphatic hydroxyl groups is 1. The molecule has 0 aromatic heterocycles. The van der Waals surface area contributed by atoms with Crippen molar-refractivity contribution in [1.29, 1.82) is 0 Å². The molecule has 3 nitrogen and oxygen atoms in total. The Kier molecular flexibility index (Phi) is 3.70.